The maximum absolute atomic E-state index is 12.0. The van der Waals surface area contributed by atoms with Crippen LogP contribution in [0.2, 0.25) is 0 Å². The lowest BCUT2D eigenvalue weighted by Crippen LogP contribution is -2.29. The van der Waals surface area contributed by atoms with Gasteiger partial charge in [-0.25, -0.2) is 8.42 Å². The number of ether oxygens (including phenoxy) is 1. The standard InChI is InChI=1S/C14H21NO4S/c1-12(2)19-10-9-15-14(16)8-11-20(17,18)13-6-4-3-5-7-13/h3-7,12H,8-11H2,1-2H3,(H,15,16). The Morgan fingerprint density at radius 1 is 1.25 bits per heavy atom. The van der Waals surface area contributed by atoms with Crippen molar-refractivity contribution in [2.75, 3.05) is 18.9 Å². The Morgan fingerprint density at radius 2 is 1.90 bits per heavy atom. The average Bonchev–Trinajstić information content (AvgIpc) is 2.42. The third-order valence-electron chi connectivity index (χ3n) is 2.58. The molecule has 0 spiro atoms. The Hall–Kier alpha value is -1.40. The Kier molecular flexibility index (Phi) is 6.67. The normalized spacial score (nSPS) is 11.6. The molecule has 5 nitrogen and oxygen atoms in total. The third kappa shape index (κ3) is 6.16. The van der Waals surface area contributed by atoms with Crippen molar-refractivity contribution in [3.8, 4) is 0 Å². The van der Waals surface area contributed by atoms with Crippen LogP contribution in [0.3, 0.4) is 0 Å². The van der Waals surface area contributed by atoms with E-state index in [0.29, 0.717) is 13.2 Å². The van der Waals surface area contributed by atoms with Gasteiger partial charge >= 0.3 is 0 Å². The van der Waals surface area contributed by atoms with Gasteiger partial charge in [0.05, 0.1) is 23.4 Å². The molecule has 0 bridgehead atoms. The van der Waals surface area contributed by atoms with Crippen LogP contribution < -0.4 is 5.32 Å². The van der Waals surface area contributed by atoms with E-state index in [2.05, 4.69) is 5.32 Å². The molecule has 1 aromatic carbocycles. The maximum Gasteiger partial charge on any atom is 0.221 e. The molecule has 0 aliphatic rings. The largest absolute Gasteiger partial charge is 0.377 e. The molecule has 0 atom stereocenters. The number of rotatable bonds is 8. The van der Waals surface area contributed by atoms with Crippen LogP contribution in [0.5, 0.6) is 0 Å². The number of nitrogens with one attached hydrogen (secondary N) is 1. The van der Waals surface area contributed by atoms with Gasteiger partial charge in [0.25, 0.3) is 0 Å². The summed E-state index contributed by atoms with van der Waals surface area (Å²) in [4.78, 5) is 11.8. The monoisotopic (exact) mass is 299 g/mol. The fourth-order valence-corrected chi connectivity index (χ4v) is 2.81. The van der Waals surface area contributed by atoms with E-state index in [1.807, 2.05) is 13.8 Å². The predicted molar refractivity (Wildman–Crippen MR) is 77.2 cm³/mol. The van der Waals surface area contributed by atoms with Crippen molar-refractivity contribution in [1.82, 2.24) is 5.32 Å². The van der Waals surface area contributed by atoms with E-state index in [9.17, 15) is 13.2 Å². The van der Waals surface area contributed by atoms with Crippen LogP contribution in [-0.4, -0.2) is 39.3 Å². The van der Waals surface area contributed by atoms with Crippen LogP contribution in [0.15, 0.2) is 35.2 Å². The first kappa shape index (κ1) is 16.7. The highest BCUT2D eigenvalue weighted by molar-refractivity contribution is 7.91. The molecule has 20 heavy (non-hydrogen) atoms. The number of carbonyl (C=O) groups is 1. The minimum atomic E-state index is -3.39. The van der Waals surface area contributed by atoms with Crippen molar-refractivity contribution in [3.63, 3.8) is 0 Å². The molecule has 112 valence electrons. The van der Waals surface area contributed by atoms with E-state index < -0.39 is 9.84 Å². The van der Waals surface area contributed by atoms with E-state index >= 15 is 0 Å². The summed E-state index contributed by atoms with van der Waals surface area (Å²) in [5.74, 6) is -0.467. The van der Waals surface area contributed by atoms with E-state index in [1.165, 1.54) is 12.1 Å². The summed E-state index contributed by atoms with van der Waals surface area (Å²) >= 11 is 0. The summed E-state index contributed by atoms with van der Waals surface area (Å²) < 4.78 is 29.2. The lowest BCUT2D eigenvalue weighted by molar-refractivity contribution is -0.121. The molecule has 1 aromatic rings. The maximum atomic E-state index is 12.0. The fraction of sp³-hybridized carbons (Fsp3) is 0.500. The lowest BCUT2D eigenvalue weighted by atomic mass is 10.4. The summed E-state index contributed by atoms with van der Waals surface area (Å²) in [6, 6.07) is 8.14. The Labute approximate surface area is 120 Å². The fourth-order valence-electron chi connectivity index (χ4n) is 1.55. The number of benzene rings is 1. The molecular weight excluding hydrogens is 278 g/mol. The molecule has 1 amide bonds. The first-order chi connectivity index (χ1) is 9.42. The summed E-state index contributed by atoms with van der Waals surface area (Å²) in [5.41, 5.74) is 0. The minimum absolute atomic E-state index is 0.0428. The van der Waals surface area contributed by atoms with Crippen molar-refractivity contribution < 1.29 is 17.9 Å². The van der Waals surface area contributed by atoms with Crippen LogP contribution in [0, 0.1) is 0 Å². The lowest BCUT2D eigenvalue weighted by Gasteiger charge is -2.09. The smallest absolute Gasteiger partial charge is 0.221 e. The first-order valence-corrected chi connectivity index (χ1v) is 8.23. The number of hydrogen-bond donors (Lipinski definition) is 1. The van der Waals surface area contributed by atoms with Crippen molar-refractivity contribution in [1.29, 1.82) is 0 Å². The Bertz CT molecular complexity index is 511. The topological polar surface area (TPSA) is 72.5 Å². The third-order valence-corrected chi connectivity index (χ3v) is 4.31. The van der Waals surface area contributed by atoms with Gasteiger partial charge in [-0.1, -0.05) is 18.2 Å². The number of amides is 1. The van der Waals surface area contributed by atoms with E-state index in [-0.39, 0.29) is 29.1 Å². The molecule has 0 saturated heterocycles. The van der Waals surface area contributed by atoms with E-state index in [0.717, 1.165) is 0 Å². The van der Waals surface area contributed by atoms with Crippen LogP contribution in [0.25, 0.3) is 0 Å². The summed E-state index contributed by atoms with van der Waals surface area (Å²) in [7, 11) is -3.39. The predicted octanol–water partition coefficient (Wildman–Crippen LogP) is 1.39. The van der Waals surface area contributed by atoms with Crippen LogP contribution in [0.1, 0.15) is 20.3 Å². The summed E-state index contributed by atoms with van der Waals surface area (Å²) in [5, 5.41) is 2.63. The number of sulfone groups is 1. The SMILES string of the molecule is CC(C)OCCNC(=O)CCS(=O)(=O)c1ccccc1. The first-order valence-electron chi connectivity index (χ1n) is 6.58. The quantitative estimate of drug-likeness (QED) is 0.736. The molecule has 0 heterocycles. The zero-order valence-corrected chi connectivity index (χ0v) is 12.7. The minimum Gasteiger partial charge on any atom is -0.377 e. The molecule has 0 aliphatic carbocycles. The molecule has 1 N–H and O–H groups in total. The van der Waals surface area contributed by atoms with Gasteiger partial charge in [0, 0.05) is 13.0 Å². The molecule has 0 fully saturated rings. The molecule has 0 saturated carbocycles. The molecular formula is C14H21NO4S. The van der Waals surface area contributed by atoms with E-state index in [4.69, 9.17) is 4.74 Å². The molecule has 6 heteroatoms. The Morgan fingerprint density at radius 3 is 2.50 bits per heavy atom. The van der Waals surface area contributed by atoms with Crippen molar-refractivity contribution in [2.24, 2.45) is 0 Å². The van der Waals surface area contributed by atoms with Gasteiger partial charge in [0.1, 0.15) is 0 Å². The Balaban J connectivity index is 2.34. The van der Waals surface area contributed by atoms with Crippen LogP contribution in [-0.2, 0) is 19.4 Å². The van der Waals surface area contributed by atoms with Crippen molar-refractivity contribution in [3.05, 3.63) is 30.3 Å². The molecule has 0 aliphatic heterocycles. The highest BCUT2D eigenvalue weighted by Gasteiger charge is 2.15. The van der Waals surface area contributed by atoms with E-state index in [1.54, 1.807) is 18.2 Å². The van der Waals surface area contributed by atoms with Gasteiger partial charge < -0.3 is 10.1 Å². The highest BCUT2D eigenvalue weighted by Crippen LogP contribution is 2.10. The van der Waals surface area contributed by atoms with Gasteiger partial charge in [0.2, 0.25) is 5.91 Å². The number of carbonyl (C=O) groups excluding carboxylic acids is 1. The summed E-state index contributed by atoms with van der Waals surface area (Å²) in [6.07, 6.45) is 0.0733. The van der Waals surface area contributed by atoms with Crippen molar-refractivity contribution in [2.45, 2.75) is 31.3 Å². The van der Waals surface area contributed by atoms with Gasteiger partial charge in [-0.2, -0.15) is 0 Å². The van der Waals surface area contributed by atoms with Gasteiger partial charge in [0.15, 0.2) is 9.84 Å². The zero-order chi connectivity index (χ0) is 15.0. The van der Waals surface area contributed by atoms with Gasteiger partial charge in [-0.15, -0.1) is 0 Å². The second kappa shape index (κ2) is 8.01. The van der Waals surface area contributed by atoms with Gasteiger partial charge in [-0.05, 0) is 26.0 Å². The molecule has 1 rings (SSSR count). The molecule has 0 radical (unpaired) electrons. The second-order valence-electron chi connectivity index (χ2n) is 4.65. The zero-order valence-electron chi connectivity index (χ0n) is 11.8. The number of hydrogen-bond acceptors (Lipinski definition) is 4. The molecule has 0 aromatic heterocycles. The molecule has 0 unspecified atom stereocenters. The van der Waals surface area contributed by atoms with Crippen LogP contribution >= 0.6 is 0 Å². The second-order valence-corrected chi connectivity index (χ2v) is 6.76. The highest BCUT2D eigenvalue weighted by atomic mass is 32.2. The summed E-state index contributed by atoms with van der Waals surface area (Å²) in [6.45, 7) is 4.64. The van der Waals surface area contributed by atoms with Crippen molar-refractivity contribution >= 4 is 15.7 Å². The van der Waals surface area contributed by atoms with Gasteiger partial charge in [-0.3, -0.25) is 4.79 Å². The van der Waals surface area contributed by atoms with Crippen LogP contribution in [0.4, 0.5) is 0 Å². The average molecular weight is 299 g/mol.